The van der Waals surface area contributed by atoms with Crippen LogP contribution in [0.3, 0.4) is 0 Å². The summed E-state index contributed by atoms with van der Waals surface area (Å²) < 4.78 is 28.4. The lowest BCUT2D eigenvalue weighted by Crippen LogP contribution is -2.35. The van der Waals surface area contributed by atoms with Gasteiger partial charge < -0.3 is 5.11 Å². The van der Waals surface area contributed by atoms with E-state index in [1.165, 1.54) is 12.1 Å². The number of carboxylic acid groups (broad SMARTS) is 1. The van der Waals surface area contributed by atoms with Crippen LogP contribution in [0.2, 0.25) is 0 Å². The van der Waals surface area contributed by atoms with Gasteiger partial charge in [0.1, 0.15) is 0 Å². The lowest BCUT2D eigenvalue weighted by atomic mass is 9.91. The third kappa shape index (κ3) is 6.02. The fourth-order valence-electron chi connectivity index (χ4n) is 3.82. The molecule has 2 N–H and O–H groups in total. The maximum Gasteiger partial charge on any atom is 0.328 e. The van der Waals surface area contributed by atoms with E-state index in [0.717, 1.165) is 22.4 Å². The molecule has 0 bridgehead atoms. The van der Waals surface area contributed by atoms with Crippen LogP contribution in [-0.2, 0) is 26.0 Å². The molecular weight excluding hydrogens is 462 g/mol. The van der Waals surface area contributed by atoms with E-state index in [9.17, 15) is 18.0 Å². The first-order valence-corrected chi connectivity index (χ1v) is 12.4. The number of hydrogen-bond acceptors (Lipinski definition) is 4. The Kier molecular flexibility index (Phi) is 7.08. The molecule has 1 unspecified atom stereocenters. The van der Waals surface area contributed by atoms with Crippen LogP contribution < -0.4 is 4.72 Å². The number of carboxylic acids is 1. The number of rotatable bonds is 8. The van der Waals surface area contributed by atoms with Gasteiger partial charge in [0.2, 0.25) is 5.91 Å². The predicted molar refractivity (Wildman–Crippen MR) is 135 cm³/mol. The molecule has 0 aliphatic heterocycles. The monoisotopic (exact) mass is 485 g/mol. The molecule has 0 saturated heterocycles. The first kappa shape index (κ1) is 23.9. The summed E-state index contributed by atoms with van der Waals surface area (Å²) in [5.41, 5.74) is 2.15. The highest BCUT2D eigenvalue weighted by molar-refractivity contribution is 7.90. The van der Waals surface area contributed by atoms with Gasteiger partial charge in [0.05, 0.1) is 10.8 Å². The molecule has 0 aliphatic rings. The molecule has 0 spiro atoms. The van der Waals surface area contributed by atoms with Crippen molar-refractivity contribution in [3.05, 3.63) is 120 Å². The lowest BCUT2D eigenvalue weighted by Gasteiger charge is -2.18. The van der Waals surface area contributed by atoms with Crippen molar-refractivity contribution in [1.82, 2.24) is 4.72 Å². The predicted octanol–water partition coefficient (Wildman–Crippen LogP) is 4.77. The molecule has 0 aromatic heterocycles. The molecule has 0 fully saturated rings. The summed E-state index contributed by atoms with van der Waals surface area (Å²) in [4.78, 5) is 24.1. The number of nitrogens with one attached hydrogen (secondary N) is 1. The minimum Gasteiger partial charge on any atom is -0.478 e. The molecule has 0 heterocycles. The van der Waals surface area contributed by atoms with Crippen LogP contribution in [0.5, 0.6) is 0 Å². The van der Waals surface area contributed by atoms with Crippen LogP contribution in [-0.4, -0.2) is 25.4 Å². The number of amides is 1. The fourth-order valence-corrected chi connectivity index (χ4v) is 4.87. The molecule has 0 aliphatic carbocycles. The summed E-state index contributed by atoms with van der Waals surface area (Å²) in [6, 6.07) is 28.3. The van der Waals surface area contributed by atoms with Crippen molar-refractivity contribution in [3.63, 3.8) is 0 Å². The fraction of sp³-hybridized carbons (Fsp3) is 0.0714. The second kappa shape index (κ2) is 10.4. The maximum atomic E-state index is 13.3. The van der Waals surface area contributed by atoms with Gasteiger partial charge in [-0.2, -0.15) is 0 Å². The summed E-state index contributed by atoms with van der Waals surface area (Å²) in [6.07, 6.45) is 2.77. The Morgan fingerprint density at radius 2 is 1.49 bits per heavy atom. The van der Waals surface area contributed by atoms with Crippen LogP contribution in [0.1, 0.15) is 22.6 Å². The second-order valence-electron chi connectivity index (χ2n) is 8.06. The highest BCUT2D eigenvalue weighted by atomic mass is 32.2. The molecule has 6 nitrogen and oxygen atoms in total. The average Bonchev–Trinajstić information content (AvgIpc) is 2.86. The minimum atomic E-state index is -4.10. The zero-order chi connectivity index (χ0) is 24.8. The van der Waals surface area contributed by atoms with Gasteiger partial charge in [-0.05, 0) is 52.1 Å². The smallest absolute Gasteiger partial charge is 0.328 e. The SMILES string of the molecule is O=C(O)/C=C/c1ccc(C(Cc2ccccc2)C(=O)NS(=O)(=O)c2ccc3ccccc3c2)cc1. The van der Waals surface area contributed by atoms with E-state index < -0.39 is 27.8 Å². The first-order chi connectivity index (χ1) is 16.8. The van der Waals surface area contributed by atoms with Crippen LogP contribution in [0.4, 0.5) is 0 Å². The number of carbonyl (C=O) groups is 2. The van der Waals surface area contributed by atoms with E-state index in [0.29, 0.717) is 17.5 Å². The quantitative estimate of drug-likeness (QED) is 0.350. The van der Waals surface area contributed by atoms with E-state index in [4.69, 9.17) is 5.11 Å². The van der Waals surface area contributed by atoms with E-state index in [2.05, 4.69) is 4.72 Å². The van der Waals surface area contributed by atoms with Crippen molar-refractivity contribution < 1.29 is 23.1 Å². The molecule has 4 aromatic carbocycles. The molecule has 0 radical (unpaired) electrons. The van der Waals surface area contributed by atoms with Gasteiger partial charge in [-0.3, -0.25) is 4.79 Å². The Balaban J connectivity index is 1.63. The average molecular weight is 486 g/mol. The van der Waals surface area contributed by atoms with E-state index in [1.807, 2.05) is 54.6 Å². The lowest BCUT2D eigenvalue weighted by molar-refractivity contribution is -0.131. The van der Waals surface area contributed by atoms with Crippen LogP contribution in [0, 0.1) is 0 Å². The molecule has 0 saturated carbocycles. The van der Waals surface area contributed by atoms with Crippen molar-refractivity contribution in [2.24, 2.45) is 0 Å². The summed E-state index contributed by atoms with van der Waals surface area (Å²) in [5.74, 6) is -2.48. The maximum absolute atomic E-state index is 13.3. The van der Waals surface area contributed by atoms with Gasteiger partial charge in [0.15, 0.2) is 0 Å². The van der Waals surface area contributed by atoms with Gasteiger partial charge in [-0.15, -0.1) is 0 Å². The Labute approximate surface area is 203 Å². The van der Waals surface area contributed by atoms with Crippen LogP contribution in [0.25, 0.3) is 16.8 Å². The number of benzene rings is 4. The van der Waals surface area contributed by atoms with E-state index >= 15 is 0 Å². The van der Waals surface area contributed by atoms with Gasteiger partial charge in [0.25, 0.3) is 10.0 Å². The zero-order valence-corrected chi connectivity index (χ0v) is 19.5. The highest BCUT2D eigenvalue weighted by Gasteiger charge is 2.26. The van der Waals surface area contributed by atoms with Crippen molar-refractivity contribution in [1.29, 1.82) is 0 Å². The van der Waals surface area contributed by atoms with Crippen molar-refractivity contribution >= 4 is 38.7 Å². The van der Waals surface area contributed by atoms with Gasteiger partial charge in [-0.1, -0.05) is 84.9 Å². The number of fused-ring (bicyclic) bond motifs is 1. The summed E-state index contributed by atoms with van der Waals surface area (Å²) in [5, 5.41) is 10.5. The summed E-state index contributed by atoms with van der Waals surface area (Å²) >= 11 is 0. The van der Waals surface area contributed by atoms with E-state index in [-0.39, 0.29) is 4.90 Å². The Bertz CT molecular complexity index is 1490. The van der Waals surface area contributed by atoms with Gasteiger partial charge in [-0.25, -0.2) is 17.9 Å². The molecule has 7 heteroatoms. The number of carbonyl (C=O) groups excluding carboxylic acids is 1. The topological polar surface area (TPSA) is 101 Å². The summed E-state index contributed by atoms with van der Waals surface area (Å²) in [6.45, 7) is 0. The standard InChI is InChI=1S/C28H23NO5S/c30-27(31)17-12-20-10-13-23(14-11-20)26(18-21-6-2-1-3-7-21)28(32)29-35(33,34)25-16-15-22-8-4-5-9-24(22)19-25/h1-17,19,26H,18H2,(H,29,32)(H,30,31)/b17-12+. The van der Waals surface area contributed by atoms with Gasteiger partial charge in [0, 0.05) is 6.08 Å². The summed E-state index contributed by atoms with van der Waals surface area (Å²) in [7, 11) is -4.10. The first-order valence-electron chi connectivity index (χ1n) is 10.9. The van der Waals surface area contributed by atoms with Crippen molar-refractivity contribution in [3.8, 4) is 0 Å². The molecule has 35 heavy (non-hydrogen) atoms. The third-order valence-electron chi connectivity index (χ3n) is 5.62. The zero-order valence-electron chi connectivity index (χ0n) is 18.7. The Morgan fingerprint density at radius 3 is 2.17 bits per heavy atom. The largest absolute Gasteiger partial charge is 0.478 e. The van der Waals surface area contributed by atoms with Gasteiger partial charge >= 0.3 is 5.97 Å². The van der Waals surface area contributed by atoms with Crippen LogP contribution >= 0.6 is 0 Å². The minimum absolute atomic E-state index is 0.0113. The third-order valence-corrected chi connectivity index (χ3v) is 6.97. The van der Waals surface area contributed by atoms with Crippen LogP contribution in [0.15, 0.2) is 108 Å². The van der Waals surface area contributed by atoms with Crippen molar-refractivity contribution in [2.45, 2.75) is 17.2 Å². The molecule has 1 atom stereocenters. The number of aliphatic carboxylic acids is 1. The molecule has 176 valence electrons. The Hall–Kier alpha value is -4.23. The highest BCUT2D eigenvalue weighted by Crippen LogP contribution is 2.24. The number of sulfonamides is 1. The number of hydrogen-bond donors (Lipinski definition) is 2. The molecule has 4 rings (SSSR count). The molecule has 4 aromatic rings. The normalized spacial score (nSPS) is 12.5. The molecule has 1 amide bonds. The second-order valence-corrected chi connectivity index (χ2v) is 9.74. The molecular formula is C28H23NO5S. The Morgan fingerprint density at radius 1 is 0.829 bits per heavy atom. The van der Waals surface area contributed by atoms with Crippen molar-refractivity contribution in [2.75, 3.05) is 0 Å². The van der Waals surface area contributed by atoms with E-state index in [1.54, 1.807) is 36.4 Å².